The van der Waals surface area contributed by atoms with Crippen molar-refractivity contribution in [2.45, 2.75) is 48.5 Å². The van der Waals surface area contributed by atoms with E-state index in [1.54, 1.807) is 12.3 Å². The smallest absolute Gasteiger partial charge is 0.251 e. The summed E-state index contributed by atoms with van der Waals surface area (Å²) in [5.41, 5.74) is 1.68. The second kappa shape index (κ2) is 11.6. The SMILES string of the molecule is F.O=C(NCc1cc2nc(-c3ccc(CCF)c(C4CC4)n3)ccc2cn1)c1cc(F)c2c(c1)S(=O)(=O)[C@@H](F)CCO2.[HH]. The van der Waals surface area contributed by atoms with Crippen LogP contribution in [0.1, 0.15) is 53.9 Å². The number of aromatic nitrogens is 3. The number of alkyl halides is 2. The molecule has 1 atom stereocenters. The summed E-state index contributed by atoms with van der Waals surface area (Å²) in [6, 6.07) is 10.9. The van der Waals surface area contributed by atoms with Crippen LogP contribution in [0.25, 0.3) is 22.3 Å². The van der Waals surface area contributed by atoms with Crippen molar-refractivity contribution in [3.63, 3.8) is 0 Å². The molecule has 42 heavy (non-hydrogen) atoms. The van der Waals surface area contributed by atoms with E-state index in [0.29, 0.717) is 34.9 Å². The van der Waals surface area contributed by atoms with Crippen LogP contribution in [-0.4, -0.2) is 48.1 Å². The van der Waals surface area contributed by atoms with Crippen molar-refractivity contribution in [1.82, 2.24) is 20.3 Å². The lowest BCUT2D eigenvalue weighted by molar-refractivity contribution is 0.0949. The number of benzene rings is 1. The van der Waals surface area contributed by atoms with Crippen LogP contribution in [0.15, 0.2) is 53.6 Å². The molecule has 1 fully saturated rings. The molecular weight excluding hydrogens is 576 g/mol. The van der Waals surface area contributed by atoms with Crippen molar-refractivity contribution in [1.29, 1.82) is 0 Å². The maximum Gasteiger partial charge on any atom is 0.251 e. The third-order valence-corrected chi connectivity index (χ3v) is 8.99. The Hall–Kier alpha value is -4.13. The highest BCUT2D eigenvalue weighted by Gasteiger charge is 2.35. The molecule has 8 nitrogen and oxygen atoms in total. The minimum absolute atomic E-state index is 0. The molecule has 1 aromatic carbocycles. The largest absolute Gasteiger partial charge is 0.489 e. The normalized spacial score (nSPS) is 17.5. The molecule has 4 heterocycles. The van der Waals surface area contributed by atoms with Gasteiger partial charge in [0.15, 0.2) is 11.6 Å². The molecule has 222 valence electrons. The fourth-order valence-corrected chi connectivity index (χ4v) is 6.23. The van der Waals surface area contributed by atoms with E-state index in [-0.39, 0.29) is 24.8 Å². The van der Waals surface area contributed by atoms with Crippen molar-refractivity contribution in [3.8, 4) is 17.1 Å². The minimum atomic E-state index is -4.52. The number of nitrogens with one attached hydrogen (secondary N) is 1. The van der Waals surface area contributed by atoms with Crippen molar-refractivity contribution >= 4 is 26.6 Å². The quantitative estimate of drug-likeness (QED) is 0.281. The second-order valence-electron chi connectivity index (χ2n) is 10.1. The van der Waals surface area contributed by atoms with Crippen LogP contribution in [0, 0.1) is 5.82 Å². The predicted molar refractivity (Wildman–Crippen MR) is 149 cm³/mol. The van der Waals surface area contributed by atoms with Gasteiger partial charge in [-0.1, -0.05) is 6.07 Å². The first-order chi connectivity index (χ1) is 19.7. The number of aryl methyl sites for hydroxylation is 1. The Balaban J connectivity index is 0.00000212. The summed E-state index contributed by atoms with van der Waals surface area (Å²) >= 11 is 0. The lowest BCUT2D eigenvalue weighted by Crippen LogP contribution is -2.24. The van der Waals surface area contributed by atoms with E-state index in [1.807, 2.05) is 24.3 Å². The summed E-state index contributed by atoms with van der Waals surface area (Å²) in [5.74, 6) is -2.07. The number of amides is 1. The van der Waals surface area contributed by atoms with Gasteiger partial charge in [-0.05, 0) is 54.8 Å². The summed E-state index contributed by atoms with van der Waals surface area (Å²) in [6.07, 6.45) is 3.58. The lowest BCUT2D eigenvalue weighted by atomic mass is 10.1. The Kier molecular flexibility index (Phi) is 8.13. The third kappa shape index (κ3) is 5.65. The van der Waals surface area contributed by atoms with Gasteiger partial charge in [0.1, 0.15) is 4.90 Å². The van der Waals surface area contributed by atoms with E-state index in [2.05, 4.69) is 10.3 Å². The third-order valence-electron chi connectivity index (χ3n) is 7.17. The van der Waals surface area contributed by atoms with Gasteiger partial charge >= 0.3 is 0 Å². The zero-order valence-corrected chi connectivity index (χ0v) is 23.0. The zero-order valence-electron chi connectivity index (χ0n) is 22.1. The molecule has 3 aromatic heterocycles. The summed E-state index contributed by atoms with van der Waals surface area (Å²) in [7, 11) is -4.52. The van der Waals surface area contributed by atoms with Crippen LogP contribution in [0.4, 0.5) is 17.9 Å². The highest BCUT2D eigenvalue weighted by atomic mass is 32.2. The Morgan fingerprint density at radius 3 is 2.60 bits per heavy atom. The van der Waals surface area contributed by atoms with Gasteiger partial charge in [-0.2, -0.15) is 0 Å². The second-order valence-corrected chi connectivity index (χ2v) is 12.1. The highest BCUT2D eigenvalue weighted by molar-refractivity contribution is 7.92. The molecule has 0 bridgehead atoms. The molecule has 1 aliphatic heterocycles. The molecule has 0 unspecified atom stereocenters. The van der Waals surface area contributed by atoms with Crippen LogP contribution in [0.2, 0.25) is 0 Å². The molecule has 0 saturated heterocycles. The fourth-order valence-electron chi connectivity index (χ4n) is 4.84. The molecule has 0 radical (unpaired) electrons. The molecule has 1 N–H and O–H groups in total. The molecule has 1 saturated carbocycles. The van der Waals surface area contributed by atoms with Gasteiger partial charge in [0.2, 0.25) is 15.3 Å². The van der Waals surface area contributed by atoms with Gasteiger partial charge in [0.25, 0.3) is 5.91 Å². The topological polar surface area (TPSA) is 111 Å². The first-order valence-corrected chi connectivity index (χ1v) is 14.7. The fraction of sp³-hybridized carbons (Fsp3) is 0.310. The number of pyridine rings is 3. The summed E-state index contributed by atoms with van der Waals surface area (Å²) < 4.78 is 71.9. The summed E-state index contributed by atoms with van der Waals surface area (Å²) in [5, 5.41) is 3.35. The molecule has 1 amide bonds. The van der Waals surface area contributed by atoms with Crippen molar-refractivity contribution in [2.75, 3.05) is 13.3 Å². The Bertz CT molecular complexity index is 1790. The van der Waals surface area contributed by atoms with Crippen LogP contribution < -0.4 is 10.1 Å². The standard InChI is InChI=1S/C29H25F3N4O4S.FH.H2/c30-9-7-17-3-5-23(36-27(17)16-1-2-16)22-6-4-18-14-33-20(13-24(18)35-22)15-34-29(37)19-11-21(31)28-25(12-19)41(38,39)26(32)8-10-40-28;;/h3-6,11-14,16,26H,1-2,7-10,15H2,(H,34,37);2*1H/t26-;;/m1../s1. The van der Waals surface area contributed by atoms with Crippen LogP contribution in [0.5, 0.6) is 5.75 Å². The van der Waals surface area contributed by atoms with E-state index in [1.165, 1.54) is 0 Å². The Morgan fingerprint density at radius 2 is 1.83 bits per heavy atom. The maximum absolute atomic E-state index is 14.7. The van der Waals surface area contributed by atoms with E-state index < -0.39 is 50.8 Å². The summed E-state index contributed by atoms with van der Waals surface area (Å²) in [6.45, 7) is -0.799. The number of ether oxygens (including phenoxy) is 1. The number of fused-ring (bicyclic) bond motifs is 2. The number of hydrogen-bond donors (Lipinski definition) is 1. The highest BCUT2D eigenvalue weighted by Crippen LogP contribution is 2.41. The average molecular weight is 605 g/mol. The molecular formula is C29H28F4N4O4S. The number of carbonyl (C=O) groups is 1. The first kappa shape index (κ1) is 29.4. The zero-order chi connectivity index (χ0) is 28.7. The van der Waals surface area contributed by atoms with Crippen LogP contribution in [0.3, 0.4) is 0 Å². The van der Waals surface area contributed by atoms with Gasteiger partial charge in [-0.3, -0.25) is 23.9 Å². The molecule has 6 rings (SSSR count). The van der Waals surface area contributed by atoms with Gasteiger partial charge in [-0.15, -0.1) is 0 Å². The maximum atomic E-state index is 14.7. The van der Waals surface area contributed by atoms with E-state index >= 15 is 0 Å². The van der Waals surface area contributed by atoms with Crippen molar-refractivity contribution in [3.05, 3.63) is 77.0 Å². The van der Waals surface area contributed by atoms with E-state index in [0.717, 1.165) is 41.6 Å². The Morgan fingerprint density at radius 1 is 1.07 bits per heavy atom. The molecule has 4 aromatic rings. The first-order valence-electron chi connectivity index (χ1n) is 13.2. The van der Waals surface area contributed by atoms with Crippen molar-refractivity contribution in [2.24, 2.45) is 0 Å². The van der Waals surface area contributed by atoms with Gasteiger partial charge in [0, 0.05) is 43.0 Å². The molecule has 0 spiro atoms. The lowest BCUT2D eigenvalue weighted by Gasteiger charge is -2.12. The number of carbonyl (C=O) groups excluding carboxylic acids is 1. The van der Waals surface area contributed by atoms with E-state index in [9.17, 15) is 26.4 Å². The number of sulfone groups is 1. The Labute approximate surface area is 240 Å². The number of halogens is 4. The monoisotopic (exact) mass is 604 g/mol. The summed E-state index contributed by atoms with van der Waals surface area (Å²) in [4.78, 5) is 26.0. The molecule has 2 aliphatic rings. The van der Waals surface area contributed by atoms with Gasteiger partial charge in [-0.25, -0.2) is 22.2 Å². The molecule has 13 heteroatoms. The van der Waals surface area contributed by atoms with Crippen LogP contribution in [-0.2, 0) is 22.8 Å². The average Bonchev–Trinajstić information content (AvgIpc) is 3.82. The van der Waals surface area contributed by atoms with Gasteiger partial charge < -0.3 is 10.1 Å². The number of rotatable bonds is 7. The molecule has 1 aliphatic carbocycles. The number of nitrogens with zero attached hydrogens (tertiary/aromatic N) is 3. The van der Waals surface area contributed by atoms with Crippen LogP contribution >= 0.6 is 0 Å². The van der Waals surface area contributed by atoms with Gasteiger partial charge in [0.05, 0.1) is 42.4 Å². The number of hydrogen-bond acceptors (Lipinski definition) is 7. The predicted octanol–water partition coefficient (Wildman–Crippen LogP) is 5.40. The minimum Gasteiger partial charge on any atom is -0.489 e. The van der Waals surface area contributed by atoms with E-state index in [4.69, 9.17) is 14.7 Å². The van der Waals surface area contributed by atoms with Crippen molar-refractivity contribution < 1.29 is 37.3 Å².